The standard InChI is InChI=1S/C59H58O24/c1-32(61)71-30-41-44(73-33(2)62)47(49(57(70)75-41)80-55(68)38-25-15-7-16-26-38)83-58-50(74-34(3)63)46(43(64)40(29-60)76-58)82-59-51(81-56(69)39-27-17-8-18-28-39)48(79-54(67)37-23-13-6-14-24-37)45(78-53(66)36-21-11-5-12-22-36)42(77-59)31-72-52(65)35-19-9-4-10-20-35/h4-28,40-51,57-60,64,70H,29-31H2,1-3H3/t40-,41-,42-,43-,44-,45-,46+,47+,48+,49-,50-,51-,57+,58+,59+/m1/s1. The Morgan fingerprint density at radius 2 is 0.699 bits per heavy atom. The summed E-state index contributed by atoms with van der Waals surface area (Å²) >= 11 is 0. The van der Waals surface area contributed by atoms with Crippen LogP contribution < -0.4 is 0 Å². The Kier molecular flexibility index (Phi) is 20.8. The number of hydrogen-bond donors (Lipinski definition) is 3. The molecule has 0 bridgehead atoms. The molecule has 3 aliphatic heterocycles. The Balaban J connectivity index is 1.24. The lowest BCUT2D eigenvalue weighted by atomic mass is 9.95. The summed E-state index contributed by atoms with van der Waals surface area (Å²) < 4.78 is 78.0. The van der Waals surface area contributed by atoms with Crippen molar-refractivity contribution in [1.82, 2.24) is 0 Å². The van der Waals surface area contributed by atoms with Crippen molar-refractivity contribution >= 4 is 47.8 Å². The van der Waals surface area contributed by atoms with Crippen LogP contribution in [0.2, 0.25) is 0 Å². The van der Waals surface area contributed by atoms with Crippen molar-refractivity contribution < 1.29 is 115 Å². The lowest BCUT2D eigenvalue weighted by Crippen LogP contribution is -2.68. The van der Waals surface area contributed by atoms with Gasteiger partial charge in [0.15, 0.2) is 55.5 Å². The number of rotatable bonds is 20. The van der Waals surface area contributed by atoms with Gasteiger partial charge in [-0.3, -0.25) is 14.4 Å². The van der Waals surface area contributed by atoms with Gasteiger partial charge in [0, 0.05) is 20.8 Å². The molecule has 0 aliphatic carbocycles. The van der Waals surface area contributed by atoms with Crippen LogP contribution in [-0.4, -0.2) is 175 Å². The van der Waals surface area contributed by atoms with E-state index < -0.39 is 160 Å². The average Bonchev–Trinajstić information content (AvgIpc) is 3.69. The predicted octanol–water partition coefficient (Wildman–Crippen LogP) is 3.46. The molecule has 3 N–H and O–H groups in total. The Labute approximate surface area is 473 Å². The summed E-state index contributed by atoms with van der Waals surface area (Å²) in [6.07, 6.45) is -29.4. The van der Waals surface area contributed by atoms with Crippen molar-refractivity contribution in [1.29, 1.82) is 0 Å². The lowest BCUT2D eigenvalue weighted by Gasteiger charge is -2.49. The van der Waals surface area contributed by atoms with Crippen molar-refractivity contribution in [3.63, 3.8) is 0 Å². The first-order valence-electron chi connectivity index (χ1n) is 26.0. The molecular formula is C59H58O24. The van der Waals surface area contributed by atoms with Crippen LogP contribution in [0.5, 0.6) is 0 Å². The van der Waals surface area contributed by atoms with E-state index in [1.54, 1.807) is 54.6 Å². The fourth-order valence-electron chi connectivity index (χ4n) is 9.18. The van der Waals surface area contributed by atoms with Crippen molar-refractivity contribution in [2.45, 2.75) is 113 Å². The van der Waals surface area contributed by atoms with E-state index in [-0.39, 0.29) is 27.8 Å². The Morgan fingerprint density at radius 3 is 1.13 bits per heavy atom. The molecule has 0 aromatic heterocycles. The summed E-state index contributed by atoms with van der Waals surface area (Å²) in [5.74, 6) is -8.03. The molecule has 3 heterocycles. The molecule has 83 heavy (non-hydrogen) atoms. The quantitative estimate of drug-likeness (QED) is 0.0742. The van der Waals surface area contributed by atoms with Gasteiger partial charge in [-0.1, -0.05) is 91.0 Å². The normalized spacial score (nSPS) is 27.5. The fourth-order valence-corrected chi connectivity index (χ4v) is 9.18. The number of aliphatic hydroxyl groups excluding tert-OH is 3. The van der Waals surface area contributed by atoms with Gasteiger partial charge < -0.3 is 76.9 Å². The lowest BCUT2D eigenvalue weighted by molar-refractivity contribution is -0.378. The van der Waals surface area contributed by atoms with Crippen LogP contribution in [0.1, 0.15) is 72.6 Å². The zero-order valence-electron chi connectivity index (χ0n) is 44.6. The van der Waals surface area contributed by atoms with Crippen molar-refractivity contribution in [3.05, 3.63) is 179 Å². The number of aliphatic hydroxyl groups is 3. The highest BCUT2D eigenvalue weighted by Crippen LogP contribution is 2.38. The zero-order chi connectivity index (χ0) is 59.2. The van der Waals surface area contributed by atoms with Crippen LogP contribution in [0.4, 0.5) is 0 Å². The van der Waals surface area contributed by atoms with Gasteiger partial charge in [0.2, 0.25) is 0 Å². The highest BCUT2D eigenvalue weighted by Gasteiger charge is 2.59. The van der Waals surface area contributed by atoms with E-state index in [1.165, 1.54) is 97.1 Å². The van der Waals surface area contributed by atoms with E-state index in [1.807, 2.05) is 0 Å². The molecule has 3 aliphatic rings. The van der Waals surface area contributed by atoms with E-state index >= 15 is 0 Å². The van der Waals surface area contributed by atoms with E-state index in [4.69, 9.17) is 61.6 Å². The van der Waals surface area contributed by atoms with Crippen LogP contribution in [0.25, 0.3) is 0 Å². The van der Waals surface area contributed by atoms with Gasteiger partial charge in [-0.15, -0.1) is 0 Å². The average molecular weight is 1150 g/mol. The van der Waals surface area contributed by atoms with Gasteiger partial charge in [-0.2, -0.15) is 0 Å². The molecule has 0 amide bonds. The van der Waals surface area contributed by atoms with Gasteiger partial charge in [-0.25, -0.2) is 24.0 Å². The minimum atomic E-state index is -2.18. The predicted molar refractivity (Wildman–Crippen MR) is 278 cm³/mol. The molecule has 0 radical (unpaired) electrons. The molecule has 24 heteroatoms. The molecule has 3 fully saturated rings. The molecule has 0 unspecified atom stereocenters. The number of carbonyl (C=O) groups excluding carboxylic acids is 8. The molecule has 24 nitrogen and oxygen atoms in total. The maximum absolute atomic E-state index is 14.4. The summed E-state index contributed by atoms with van der Waals surface area (Å²) in [6, 6.07) is 37.6. The number of benzene rings is 5. The van der Waals surface area contributed by atoms with Crippen molar-refractivity contribution in [2.24, 2.45) is 0 Å². The summed E-state index contributed by atoms with van der Waals surface area (Å²) in [4.78, 5) is 109. The number of esters is 8. The minimum Gasteiger partial charge on any atom is -0.463 e. The van der Waals surface area contributed by atoms with Gasteiger partial charge in [-0.05, 0) is 60.7 Å². The molecular weight excluding hydrogens is 1090 g/mol. The molecule has 0 saturated carbocycles. The molecule has 15 atom stereocenters. The van der Waals surface area contributed by atoms with Crippen molar-refractivity contribution in [3.8, 4) is 0 Å². The molecule has 0 spiro atoms. The summed E-state index contributed by atoms with van der Waals surface area (Å²) in [5, 5.41) is 34.7. The molecule has 5 aromatic rings. The largest absolute Gasteiger partial charge is 0.463 e. The summed E-state index contributed by atoms with van der Waals surface area (Å²) in [7, 11) is 0. The summed E-state index contributed by atoms with van der Waals surface area (Å²) in [5.41, 5.74) is -0.0618. The van der Waals surface area contributed by atoms with Crippen LogP contribution in [0, 0.1) is 0 Å². The zero-order valence-corrected chi connectivity index (χ0v) is 44.6. The third-order valence-corrected chi connectivity index (χ3v) is 13.0. The van der Waals surface area contributed by atoms with Gasteiger partial charge in [0.25, 0.3) is 0 Å². The van der Waals surface area contributed by atoms with Crippen LogP contribution in [0.15, 0.2) is 152 Å². The van der Waals surface area contributed by atoms with E-state index in [9.17, 15) is 53.7 Å². The molecule has 8 rings (SSSR count). The second-order valence-corrected chi connectivity index (χ2v) is 18.9. The Hall–Kier alpha value is -8.46. The van der Waals surface area contributed by atoms with Crippen LogP contribution >= 0.6 is 0 Å². The van der Waals surface area contributed by atoms with Gasteiger partial charge in [0.05, 0.1) is 34.4 Å². The Bertz CT molecular complexity index is 3000. The molecule has 3 saturated heterocycles. The van der Waals surface area contributed by atoms with E-state index in [0.29, 0.717) is 0 Å². The number of ether oxygens (including phenoxy) is 13. The molecule has 438 valence electrons. The van der Waals surface area contributed by atoms with Gasteiger partial charge >= 0.3 is 47.8 Å². The first-order valence-corrected chi connectivity index (χ1v) is 26.0. The van der Waals surface area contributed by atoms with Crippen molar-refractivity contribution in [2.75, 3.05) is 19.8 Å². The highest BCUT2D eigenvalue weighted by molar-refractivity contribution is 5.92. The third-order valence-electron chi connectivity index (χ3n) is 13.0. The fraction of sp³-hybridized carbons (Fsp3) is 0.356. The van der Waals surface area contributed by atoms with Crippen LogP contribution in [-0.2, 0) is 76.0 Å². The maximum Gasteiger partial charge on any atom is 0.338 e. The SMILES string of the molecule is CC(=O)OC[C@H]1O[C@H](O)[C@H](OC(=O)c2ccccc2)[C@@H](O[C@@H]2O[C@H](CO)[C@@H](O)[C@H](O[C@@H]3O[C@H](COC(=O)c4ccccc4)[C@@H](OC(=O)c4ccccc4)[C@H](OC(=O)c4ccccc4)[C@H]3OC(=O)c3ccccc3)[C@H]2OC(C)=O)[C@@H]1OC(C)=O. The smallest absolute Gasteiger partial charge is 0.338 e. The number of carbonyl (C=O) groups is 8. The number of hydrogen-bond acceptors (Lipinski definition) is 24. The molecule has 5 aromatic carbocycles. The summed E-state index contributed by atoms with van der Waals surface area (Å²) in [6.45, 7) is 0.456. The first kappa shape index (κ1) is 60.6. The highest BCUT2D eigenvalue weighted by atomic mass is 16.8. The topological polar surface area (TPSA) is 317 Å². The second kappa shape index (κ2) is 28.5. The van der Waals surface area contributed by atoms with E-state index in [2.05, 4.69) is 0 Å². The Morgan fingerprint density at radius 1 is 0.361 bits per heavy atom. The first-order chi connectivity index (χ1) is 40.0. The second-order valence-electron chi connectivity index (χ2n) is 18.9. The monoisotopic (exact) mass is 1150 g/mol. The minimum absolute atomic E-state index is 0.00438. The van der Waals surface area contributed by atoms with Crippen LogP contribution in [0.3, 0.4) is 0 Å². The maximum atomic E-state index is 14.4. The third kappa shape index (κ3) is 15.6. The van der Waals surface area contributed by atoms with Gasteiger partial charge in [0.1, 0.15) is 49.8 Å². The van der Waals surface area contributed by atoms with E-state index in [0.717, 1.165) is 20.8 Å².